The van der Waals surface area contributed by atoms with Crippen LogP contribution < -0.4 is 5.73 Å². The van der Waals surface area contributed by atoms with Crippen LogP contribution in [0.1, 0.15) is 27.2 Å². The van der Waals surface area contributed by atoms with Gasteiger partial charge in [-0.3, -0.25) is 0 Å². The van der Waals surface area contributed by atoms with E-state index in [9.17, 15) is 0 Å². The molecule has 0 saturated carbocycles. The Hall–Kier alpha value is -0.300. The quantitative estimate of drug-likeness (QED) is 0.576. The van der Waals surface area contributed by atoms with Crippen LogP contribution in [-0.2, 0) is 0 Å². The molecule has 0 fully saturated rings. The molecule has 1 nitrogen and oxygen atoms in total. The van der Waals surface area contributed by atoms with Crippen molar-refractivity contribution < 1.29 is 0 Å². The molecular weight excluding hydrogens is 110 g/mol. The molecule has 0 aromatic carbocycles. The fourth-order valence-electron chi connectivity index (χ4n) is 0.547. The Bertz CT molecular complexity index is 92.7. The number of allylic oxidation sites excluding steroid dienone is 1. The Balaban J connectivity index is 3.55. The zero-order chi connectivity index (χ0) is 7.28. The maximum atomic E-state index is 5.33. The van der Waals surface area contributed by atoms with E-state index in [1.54, 1.807) is 0 Å². The van der Waals surface area contributed by atoms with Crippen LogP contribution in [0.4, 0.5) is 0 Å². The predicted molar refractivity (Wildman–Crippen MR) is 42.3 cm³/mol. The van der Waals surface area contributed by atoms with Gasteiger partial charge in [0.1, 0.15) is 0 Å². The number of rotatable bonds is 3. The third kappa shape index (κ3) is 4.22. The number of hydrogen-bond donors (Lipinski definition) is 1. The maximum absolute atomic E-state index is 5.33. The van der Waals surface area contributed by atoms with Gasteiger partial charge in [0, 0.05) is 0 Å². The second kappa shape index (κ2) is 4.57. The molecule has 1 heteroatoms. The van der Waals surface area contributed by atoms with Crippen LogP contribution in [0.5, 0.6) is 0 Å². The lowest BCUT2D eigenvalue weighted by Crippen LogP contribution is -1.97. The zero-order valence-electron chi connectivity index (χ0n) is 6.65. The van der Waals surface area contributed by atoms with E-state index in [4.69, 9.17) is 5.73 Å². The standard InChI is InChI=1S/C8H17N/c1-7(2)8(3)5-4-6-9/h5,7H,4,6,9H2,1-3H3/b8-5+. The van der Waals surface area contributed by atoms with Gasteiger partial charge in [-0.15, -0.1) is 0 Å². The molecule has 0 radical (unpaired) electrons. The van der Waals surface area contributed by atoms with Gasteiger partial charge >= 0.3 is 0 Å². The summed E-state index contributed by atoms with van der Waals surface area (Å²) in [5.41, 5.74) is 6.78. The first kappa shape index (κ1) is 8.70. The normalized spacial score (nSPS) is 12.8. The van der Waals surface area contributed by atoms with E-state index in [-0.39, 0.29) is 0 Å². The maximum Gasteiger partial charge on any atom is -0.00425 e. The molecule has 0 aliphatic carbocycles. The summed E-state index contributed by atoms with van der Waals surface area (Å²) >= 11 is 0. The molecule has 9 heavy (non-hydrogen) atoms. The van der Waals surface area contributed by atoms with E-state index < -0.39 is 0 Å². The second-order valence-corrected chi connectivity index (χ2v) is 2.68. The summed E-state index contributed by atoms with van der Waals surface area (Å²) in [5, 5.41) is 0. The monoisotopic (exact) mass is 127 g/mol. The van der Waals surface area contributed by atoms with Gasteiger partial charge in [0.25, 0.3) is 0 Å². The van der Waals surface area contributed by atoms with Crippen molar-refractivity contribution in [3.05, 3.63) is 11.6 Å². The Kier molecular flexibility index (Phi) is 4.41. The molecule has 2 N–H and O–H groups in total. The first-order valence-corrected chi connectivity index (χ1v) is 3.55. The van der Waals surface area contributed by atoms with E-state index in [1.165, 1.54) is 5.57 Å². The lowest BCUT2D eigenvalue weighted by Gasteiger charge is -2.02. The van der Waals surface area contributed by atoms with Crippen molar-refractivity contribution in [2.75, 3.05) is 6.54 Å². The predicted octanol–water partition coefficient (Wildman–Crippen LogP) is 1.94. The molecule has 0 heterocycles. The molecule has 0 unspecified atom stereocenters. The molecule has 0 aromatic rings. The highest BCUT2D eigenvalue weighted by atomic mass is 14.5. The third-order valence-corrected chi connectivity index (χ3v) is 1.54. The van der Waals surface area contributed by atoms with E-state index >= 15 is 0 Å². The summed E-state index contributed by atoms with van der Waals surface area (Å²) in [5.74, 6) is 0.677. The molecule has 0 bridgehead atoms. The van der Waals surface area contributed by atoms with Gasteiger partial charge in [0.15, 0.2) is 0 Å². The van der Waals surface area contributed by atoms with Crippen LogP contribution >= 0.6 is 0 Å². The van der Waals surface area contributed by atoms with Crippen molar-refractivity contribution in [2.45, 2.75) is 27.2 Å². The Labute approximate surface area is 57.9 Å². The van der Waals surface area contributed by atoms with Crippen LogP contribution in [-0.4, -0.2) is 6.54 Å². The average molecular weight is 127 g/mol. The highest BCUT2D eigenvalue weighted by Crippen LogP contribution is 2.07. The van der Waals surface area contributed by atoms with E-state index in [2.05, 4.69) is 26.8 Å². The largest absolute Gasteiger partial charge is 0.330 e. The van der Waals surface area contributed by atoms with Crippen molar-refractivity contribution in [2.24, 2.45) is 11.7 Å². The van der Waals surface area contributed by atoms with Gasteiger partial charge in [-0.2, -0.15) is 0 Å². The molecule has 0 aromatic heterocycles. The minimum absolute atomic E-state index is 0.677. The van der Waals surface area contributed by atoms with Gasteiger partial charge in [-0.25, -0.2) is 0 Å². The summed E-state index contributed by atoms with van der Waals surface area (Å²) in [6.45, 7) is 7.31. The number of hydrogen-bond acceptors (Lipinski definition) is 1. The molecular formula is C8H17N. The van der Waals surface area contributed by atoms with Crippen LogP contribution in [0.2, 0.25) is 0 Å². The first-order valence-electron chi connectivity index (χ1n) is 3.55. The summed E-state index contributed by atoms with van der Waals surface area (Å²) < 4.78 is 0. The topological polar surface area (TPSA) is 26.0 Å². The highest BCUT2D eigenvalue weighted by Gasteiger charge is 1.92. The Morgan fingerprint density at radius 3 is 2.44 bits per heavy atom. The summed E-state index contributed by atoms with van der Waals surface area (Å²) in [4.78, 5) is 0. The molecule has 0 amide bonds. The minimum atomic E-state index is 0.677. The van der Waals surface area contributed by atoms with Crippen molar-refractivity contribution in [3.63, 3.8) is 0 Å². The van der Waals surface area contributed by atoms with Crippen LogP contribution in [0.25, 0.3) is 0 Å². The van der Waals surface area contributed by atoms with Crippen molar-refractivity contribution >= 4 is 0 Å². The zero-order valence-corrected chi connectivity index (χ0v) is 6.65. The van der Waals surface area contributed by atoms with E-state index in [0.717, 1.165) is 13.0 Å². The highest BCUT2D eigenvalue weighted by molar-refractivity contribution is 5.00. The van der Waals surface area contributed by atoms with Gasteiger partial charge in [-0.05, 0) is 25.8 Å². The van der Waals surface area contributed by atoms with Gasteiger partial charge < -0.3 is 5.73 Å². The lowest BCUT2D eigenvalue weighted by molar-refractivity contribution is 0.760. The van der Waals surface area contributed by atoms with E-state index in [1.807, 2.05) is 0 Å². The summed E-state index contributed by atoms with van der Waals surface area (Å²) in [6, 6.07) is 0. The van der Waals surface area contributed by atoms with Crippen molar-refractivity contribution in [1.82, 2.24) is 0 Å². The molecule has 0 rings (SSSR count). The summed E-state index contributed by atoms with van der Waals surface area (Å²) in [7, 11) is 0. The van der Waals surface area contributed by atoms with Crippen LogP contribution in [0.3, 0.4) is 0 Å². The van der Waals surface area contributed by atoms with Gasteiger partial charge in [0.05, 0.1) is 0 Å². The van der Waals surface area contributed by atoms with Gasteiger partial charge in [-0.1, -0.05) is 25.5 Å². The van der Waals surface area contributed by atoms with E-state index in [0.29, 0.717) is 5.92 Å². The smallest absolute Gasteiger partial charge is 0.00425 e. The van der Waals surface area contributed by atoms with Gasteiger partial charge in [0.2, 0.25) is 0 Å². The lowest BCUT2D eigenvalue weighted by atomic mass is 10.0. The molecule has 0 saturated heterocycles. The molecule has 0 aliphatic heterocycles. The Morgan fingerprint density at radius 1 is 1.56 bits per heavy atom. The molecule has 0 aliphatic rings. The van der Waals surface area contributed by atoms with Crippen molar-refractivity contribution in [3.8, 4) is 0 Å². The summed E-state index contributed by atoms with van der Waals surface area (Å²) in [6.07, 6.45) is 3.23. The fraction of sp³-hybridized carbons (Fsp3) is 0.750. The molecule has 0 spiro atoms. The van der Waals surface area contributed by atoms with Crippen LogP contribution in [0, 0.1) is 5.92 Å². The van der Waals surface area contributed by atoms with Crippen molar-refractivity contribution in [1.29, 1.82) is 0 Å². The average Bonchev–Trinajstić information content (AvgIpc) is 1.82. The second-order valence-electron chi connectivity index (χ2n) is 2.68. The third-order valence-electron chi connectivity index (χ3n) is 1.54. The Morgan fingerprint density at radius 2 is 2.11 bits per heavy atom. The first-order chi connectivity index (χ1) is 4.18. The minimum Gasteiger partial charge on any atom is -0.330 e. The van der Waals surface area contributed by atoms with Crippen LogP contribution in [0.15, 0.2) is 11.6 Å². The molecule has 0 atom stereocenters. The number of nitrogens with two attached hydrogens (primary N) is 1. The SMILES string of the molecule is C/C(=C\CCN)C(C)C. The molecule has 54 valence electrons. The fourth-order valence-corrected chi connectivity index (χ4v) is 0.547.